The van der Waals surface area contributed by atoms with E-state index in [4.69, 9.17) is 23.2 Å². The molecule has 1 N–H and O–H groups in total. The number of carbonyl (C=O) groups is 1. The van der Waals surface area contributed by atoms with Gasteiger partial charge in [0.05, 0.1) is 18.5 Å². The Morgan fingerprint density at radius 1 is 0.833 bits per heavy atom. The number of amides is 1. The zero-order valence-electron chi connectivity index (χ0n) is 16.2. The predicted molar refractivity (Wildman–Crippen MR) is 122 cm³/mol. The summed E-state index contributed by atoms with van der Waals surface area (Å²) in [7, 11) is -3.52. The van der Waals surface area contributed by atoms with Gasteiger partial charge in [-0.3, -0.25) is 9.10 Å². The summed E-state index contributed by atoms with van der Waals surface area (Å²) in [5.41, 5.74) is 2.64. The molecule has 0 heterocycles. The van der Waals surface area contributed by atoms with E-state index in [9.17, 15) is 13.2 Å². The summed E-state index contributed by atoms with van der Waals surface area (Å²) in [6.07, 6.45) is 1.15. The van der Waals surface area contributed by atoms with Crippen molar-refractivity contribution in [1.82, 2.24) is 5.32 Å². The Balaban J connectivity index is 1.71. The van der Waals surface area contributed by atoms with Gasteiger partial charge in [-0.25, -0.2) is 8.42 Å². The van der Waals surface area contributed by atoms with Crippen LogP contribution in [-0.4, -0.2) is 20.6 Å². The van der Waals surface area contributed by atoms with Gasteiger partial charge in [-0.05, 0) is 59.7 Å². The predicted octanol–water partition coefficient (Wildman–Crippen LogP) is 4.89. The van der Waals surface area contributed by atoms with Crippen LogP contribution in [0.15, 0.2) is 72.8 Å². The van der Waals surface area contributed by atoms with Crippen molar-refractivity contribution in [2.75, 3.05) is 10.6 Å². The van der Waals surface area contributed by atoms with Crippen LogP contribution in [0.3, 0.4) is 0 Å². The van der Waals surface area contributed by atoms with Crippen LogP contribution in [0.25, 0.3) is 0 Å². The summed E-state index contributed by atoms with van der Waals surface area (Å²) in [6, 6.07) is 20.6. The number of hydrogen-bond donors (Lipinski definition) is 1. The van der Waals surface area contributed by atoms with Gasteiger partial charge in [0.25, 0.3) is 5.91 Å². The molecule has 0 radical (unpaired) electrons. The van der Waals surface area contributed by atoms with Crippen LogP contribution in [0.1, 0.15) is 21.5 Å². The second-order valence-electron chi connectivity index (χ2n) is 6.75. The summed E-state index contributed by atoms with van der Waals surface area (Å²) in [4.78, 5) is 12.4. The molecule has 0 aromatic heterocycles. The van der Waals surface area contributed by atoms with Crippen LogP contribution in [-0.2, 0) is 23.1 Å². The molecule has 8 heteroatoms. The number of nitrogens with one attached hydrogen (secondary N) is 1. The molecule has 0 saturated carbocycles. The lowest BCUT2D eigenvalue weighted by molar-refractivity contribution is 0.0951. The van der Waals surface area contributed by atoms with Crippen LogP contribution in [0.5, 0.6) is 0 Å². The monoisotopic (exact) mass is 462 g/mol. The molecule has 156 valence electrons. The topological polar surface area (TPSA) is 66.5 Å². The number of rotatable bonds is 7. The highest BCUT2D eigenvalue weighted by molar-refractivity contribution is 7.92. The molecule has 0 unspecified atom stereocenters. The fourth-order valence-electron chi connectivity index (χ4n) is 2.82. The van der Waals surface area contributed by atoms with E-state index < -0.39 is 10.0 Å². The normalized spacial score (nSPS) is 11.2. The van der Waals surface area contributed by atoms with Gasteiger partial charge in [-0.1, -0.05) is 47.5 Å². The van der Waals surface area contributed by atoms with E-state index in [2.05, 4.69) is 5.32 Å². The molecule has 0 atom stereocenters. The standard InChI is InChI=1S/C22H20Cl2N2O3S/c1-30(28,29)26(15-17-4-10-20(24)11-5-17)21-12-6-18(7-13-21)22(27)25-14-16-2-8-19(23)9-3-16/h2-13H,14-15H2,1H3,(H,25,27). The highest BCUT2D eigenvalue weighted by Gasteiger charge is 2.18. The fraction of sp³-hybridized carbons (Fsp3) is 0.136. The third-order valence-corrected chi connectivity index (χ3v) is 6.07. The Kier molecular flexibility index (Phi) is 7.02. The third-order valence-electron chi connectivity index (χ3n) is 4.42. The van der Waals surface area contributed by atoms with Crippen molar-refractivity contribution in [2.45, 2.75) is 13.1 Å². The van der Waals surface area contributed by atoms with E-state index in [0.29, 0.717) is 27.8 Å². The largest absolute Gasteiger partial charge is 0.348 e. The fourth-order valence-corrected chi connectivity index (χ4v) is 3.96. The summed E-state index contributed by atoms with van der Waals surface area (Å²) in [5.74, 6) is -0.250. The lowest BCUT2D eigenvalue weighted by Gasteiger charge is -2.23. The Morgan fingerprint density at radius 2 is 1.33 bits per heavy atom. The number of hydrogen-bond acceptors (Lipinski definition) is 3. The van der Waals surface area contributed by atoms with E-state index in [1.54, 1.807) is 60.7 Å². The molecule has 3 rings (SSSR count). The van der Waals surface area contributed by atoms with Crippen molar-refractivity contribution < 1.29 is 13.2 Å². The van der Waals surface area contributed by atoms with Crippen molar-refractivity contribution in [3.63, 3.8) is 0 Å². The van der Waals surface area contributed by atoms with E-state index in [-0.39, 0.29) is 12.5 Å². The summed E-state index contributed by atoms with van der Waals surface area (Å²) in [5, 5.41) is 4.05. The number of carbonyl (C=O) groups excluding carboxylic acids is 1. The molecule has 0 fully saturated rings. The molecule has 5 nitrogen and oxygen atoms in total. The Labute approximate surface area is 186 Å². The molecule has 0 aliphatic carbocycles. The first kappa shape index (κ1) is 22.2. The third kappa shape index (κ3) is 5.98. The van der Waals surface area contributed by atoms with Gasteiger partial charge in [-0.15, -0.1) is 0 Å². The lowest BCUT2D eigenvalue weighted by atomic mass is 10.1. The maximum atomic E-state index is 12.4. The second-order valence-corrected chi connectivity index (χ2v) is 9.53. The van der Waals surface area contributed by atoms with Crippen molar-refractivity contribution in [3.8, 4) is 0 Å². The smallest absolute Gasteiger partial charge is 0.251 e. The molecule has 30 heavy (non-hydrogen) atoms. The SMILES string of the molecule is CS(=O)(=O)N(Cc1ccc(Cl)cc1)c1ccc(C(=O)NCc2ccc(Cl)cc2)cc1. The number of halogens is 2. The van der Waals surface area contributed by atoms with Crippen LogP contribution in [0, 0.1) is 0 Å². The van der Waals surface area contributed by atoms with Crippen LogP contribution < -0.4 is 9.62 Å². The minimum absolute atomic E-state index is 0.165. The molecular weight excluding hydrogens is 443 g/mol. The molecule has 0 bridgehead atoms. The highest BCUT2D eigenvalue weighted by Crippen LogP contribution is 2.22. The van der Waals surface area contributed by atoms with Crippen molar-refractivity contribution >= 4 is 44.8 Å². The van der Waals surface area contributed by atoms with E-state index in [1.807, 2.05) is 12.1 Å². The van der Waals surface area contributed by atoms with E-state index in [1.165, 1.54) is 4.31 Å². The van der Waals surface area contributed by atoms with Crippen LogP contribution in [0.2, 0.25) is 10.0 Å². The molecule has 3 aromatic carbocycles. The van der Waals surface area contributed by atoms with Gasteiger partial charge < -0.3 is 5.32 Å². The quantitative estimate of drug-likeness (QED) is 0.543. The van der Waals surface area contributed by atoms with Gasteiger partial charge in [0.15, 0.2) is 0 Å². The molecular formula is C22H20Cl2N2O3S. The van der Waals surface area contributed by atoms with Gasteiger partial charge in [0, 0.05) is 22.2 Å². The molecule has 0 saturated heterocycles. The highest BCUT2D eigenvalue weighted by atomic mass is 35.5. The zero-order chi connectivity index (χ0) is 21.7. The summed E-state index contributed by atoms with van der Waals surface area (Å²) >= 11 is 11.8. The van der Waals surface area contributed by atoms with Crippen LogP contribution >= 0.6 is 23.2 Å². The first-order valence-corrected chi connectivity index (χ1v) is 11.7. The maximum absolute atomic E-state index is 12.4. The zero-order valence-corrected chi connectivity index (χ0v) is 18.5. The molecule has 0 aliphatic heterocycles. The van der Waals surface area contributed by atoms with Gasteiger partial charge in [0.1, 0.15) is 0 Å². The maximum Gasteiger partial charge on any atom is 0.251 e. The molecule has 0 aliphatic rings. The Bertz CT molecular complexity index is 1110. The van der Waals surface area contributed by atoms with Crippen molar-refractivity contribution in [3.05, 3.63) is 99.5 Å². The molecule has 3 aromatic rings. The Morgan fingerprint density at radius 3 is 1.83 bits per heavy atom. The molecule has 0 spiro atoms. The first-order valence-electron chi connectivity index (χ1n) is 9.07. The summed E-state index contributed by atoms with van der Waals surface area (Å²) < 4.78 is 25.9. The first-order chi connectivity index (χ1) is 14.2. The number of anilines is 1. The number of benzene rings is 3. The van der Waals surface area contributed by atoms with Gasteiger partial charge in [-0.2, -0.15) is 0 Å². The second kappa shape index (κ2) is 9.51. The van der Waals surface area contributed by atoms with E-state index >= 15 is 0 Å². The average Bonchev–Trinajstić information content (AvgIpc) is 2.72. The van der Waals surface area contributed by atoms with Gasteiger partial charge in [0.2, 0.25) is 10.0 Å². The minimum Gasteiger partial charge on any atom is -0.348 e. The molecule has 1 amide bonds. The van der Waals surface area contributed by atoms with Gasteiger partial charge >= 0.3 is 0 Å². The number of sulfonamides is 1. The minimum atomic E-state index is -3.52. The van der Waals surface area contributed by atoms with E-state index in [0.717, 1.165) is 17.4 Å². The lowest BCUT2D eigenvalue weighted by Crippen LogP contribution is -2.29. The average molecular weight is 463 g/mol. The number of nitrogens with zero attached hydrogens (tertiary/aromatic N) is 1. The van der Waals surface area contributed by atoms with Crippen molar-refractivity contribution in [2.24, 2.45) is 0 Å². The summed E-state index contributed by atoms with van der Waals surface area (Å²) in [6.45, 7) is 0.530. The Hall–Kier alpha value is -2.54. The van der Waals surface area contributed by atoms with Crippen LogP contribution in [0.4, 0.5) is 5.69 Å². The van der Waals surface area contributed by atoms with Crippen molar-refractivity contribution in [1.29, 1.82) is 0 Å².